The number of aryl methyl sites for hydroxylation is 1. The minimum absolute atomic E-state index is 0.108. The molecule has 0 aliphatic heterocycles. The highest BCUT2D eigenvalue weighted by molar-refractivity contribution is 6.05. The first-order valence-electron chi connectivity index (χ1n) is 5.52. The summed E-state index contributed by atoms with van der Waals surface area (Å²) >= 11 is 0. The van der Waals surface area contributed by atoms with Crippen molar-refractivity contribution < 1.29 is 9.90 Å². The molecule has 2 rings (SSSR count). The Morgan fingerprint density at radius 2 is 2.00 bits per heavy atom. The van der Waals surface area contributed by atoms with E-state index in [9.17, 15) is 9.90 Å². The SMILES string of the molecule is Cc1cc(N)cc(C(=O)Nc2cccc(O)c2)c1. The Balaban J connectivity index is 2.22. The van der Waals surface area contributed by atoms with Gasteiger partial charge < -0.3 is 16.2 Å². The molecule has 2 aromatic carbocycles. The van der Waals surface area contributed by atoms with Gasteiger partial charge in [-0.05, 0) is 42.8 Å². The lowest BCUT2D eigenvalue weighted by Gasteiger charge is -2.07. The third kappa shape index (κ3) is 2.79. The normalized spacial score (nSPS) is 10.1. The molecule has 0 saturated heterocycles. The van der Waals surface area contributed by atoms with Crippen LogP contribution in [-0.4, -0.2) is 11.0 Å². The Kier molecular flexibility index (Phi) is 3.19. The van der Waals surface area contributed by atoms with Crippen molar-refractivity contribution >= 4 is 17.3 Å². The van der Waals surface area contributed by atoms with Gasteiger partial charge >= 0.3 is 0 Å². The highest BCUT2D eigenvalue weighted by atomic mass is 16.3. The number of phenolic OH excluding ortho intramolecular Hbond substituents is 1. The fraction of sp³-hybridized carbons (Fsp3) is 0.0714. The molecular weight excluding hydrogens is 228 g/mol. The average molecular weight is 242 g/mol. The van der Waals surface area contributed by atoms with Crippen LogP contribution in [0.3, 0.4) is 0 Å². The standard InChI is InChI=1S/C14H14N2O2/c1-9-5-10(7-11(15)6-9)14(18)16-12-3-2-4-13(17)8-12/h2-8,17H,15H2,1H3,(H,16,18). The Morgan fingerprint density at radius 3 is 2.67 bits per heavy atom. The van der Waals surface area contributed by atoms with Crippen molar-refractivity contribution in [2.24, 2.45) is 0 Å². The molecule has 0 radical (unpaired) electrons. The van der Waals surface area contributed by atoms with Crippen LogP contribution in [0.1, 0.15) is 15.9 Å². The van der Waals surface area contributed by atoms with Gasteiger partial charge in [0.05, 0.1) is 0 Å². The minimum atomic E-state index is -0.254. The van der Waals surface area contributed by atoms with Crippen molar-refractivity contribution in [2.45, 2.75) is 6.92 Å². The number of aromatic hydroxyl groups is 1. The van der Waals surface area contributed by atoms with Crippen LogP contribution < -0.4 is 11.1 Å². The first kappa shape index (κ1) is 12.0. The summed E-state index contributed by atoms with van der Waals surface area (Å²) < 4.78 is 0. The van der Waals surface area contributed by atoms with Gasteiger partial charge in [0.1, 0.15) is 5.75 Å². The lowest BCUT2D eigenvalue weighted by molar-refractivity contribution is 0.102. The number of amides is 1. The maximum Gasteiger partial charge on any atom is 0.255 e. The first-order valence-corrected chi connectivity index (χ1v) is 5.52. The predicted molar refractivity (Wildman–Crippen MR) is 71.7 cm³/mol. The second kappa shape index (κ2) is 4.79. The number of rotatable bonds is 2. The summed E-state index contributed by atoms with van der Waals surface area (Å²) in [6.45, 7) is 1.88. The predicted octanol–water partition coefficient (Wildman–Crippen LogP) is 2.54. The van der Waals surface area contributed by atoms with Crippen LogP contribution in [0.2, 0.25) is 0 Å². The van der Waals surface area contributed by atoms with Crippen molar-refractivity contribution in [2.75, 3.05) is 11.1 Å². The zero-order valence-electron chi connectivity index (χ0n) is 9.97. The van der Waals surface area contributed by atoms with E-state index in [1.807, 2.05) is 6.92 Å². The van der Waals surface area contributed by atoms with Crippen LogP contribution in [0, 0.1) is 6.92 Å². The number of nitrogen functional groups attached to an aromatic ring is 1. The molecule has 0 aromatic heterocycles. The van der Waals surface area contributed by atoms with Gasteiger partial charge in [-0.3, -0.25) is 4.79 Å². The van der Waals surface area contributed by atoms with Crippen molar-refractivity contribution in [1.29, 1.82) is 0 Å². The summed E-state index contributed by atoms with van der Waals surface area (Å²) in [5, 5.41) is 12.0. The molecular formula is C14H14N2O2. The van der Waals surface area contributed by atoms with E-state index in [0.29, 0.717) is 16.9 Å². The van der Waals surface area contributed by atoms with E-state index in [-0.39, 0.29) is 11.7 Å². The third-order valence-corrected chi connectivity index (χ3v) is 2.47. The molecule has 0 bridgehead atoms. The monoisotopic (exact) mass is 242 g/mol. The molecule has 1 amide bonds. The average Bonchev–Trinajstić information content (AvgIpc) is 2.27. The number of carbonyl (C=O) groups is 1. The molecule has 0 unspecified atom stereocenters. The maximum absolute atomic E-state index is 12.0. The van der Waals surface area contributed by atoms with Crippen molar-refractivity contribution in [1.82, 2.24) is 0 Å². The molecule has 0 spiro atoms. The van der Waals surface area contributed by atoms with E-state index in [1.165, 1.54) is 6.07 Å². The molecule has 18 heavy (non-hydrogen) atoms. The summed E-state index contributed by atoms with van der Waals surface area (Å²) in [6, 6.07) is 11.6. The minimum Gasteiger partial charge on any atom is -0.508 e. The number of carbonyl (C=O) groups excluding carboxylic acids is 1. The number of hydrogen-bond donors (Lipinski definition) is 3. The Bertz CT molecular complexity index is 574. The molecule has 0 aliphatic rings. The van der Waals surface area contributed by atoms with E-state index in [1.54, 1.807) is 36.4 Å². The molecule has 4 N–H and O–H groups in total. The molecule has 4 heteroatoms. The van der Waals surface area contributed by atoms with Crippen LogP contribution in [-0.2, 0) is 0 Å². The first-order chi connectivity index (χ1) is 8.54. The van der Waals surface area contributed by atoms with Gasteiger partial charge in [-0.15, -0.1) is 0 Å². The van der Waals surface area contributed by atoms with E-state index in [2.05, 4.69) is 5.32 Å². The second-order valence-electron chi connectivity index (χ2n) is 4.14. The number of phenols is 1. The van der Waals surface area contributed by atoms with Crippen molar-refractivity contribution in [3.63, 3.8) is 0 Å². The van der Waals surface area contributed by atoms with Gasteiger partial charge in [0.2, 0.25) is 0 Å². The molecule has 92 valence electrons. The molecule has 0 aliphatic carbocycles. The molecule has 0 heterocycles. The van der Waals surface area contributed by atoms with Crippen molar-refractivity contribution in [3.8, 4) is 5.75 Å². The smallest absolute Gasteiger partial charge is 0.255 e. The summed E-state index contributed by atoms with van der Waals surface area (Å²) in [7, 11) is 0. The van der Waals surface area contributed by atoms with Crippen LogP contribution in [0.5, 0.6) is 5.75 Å². The van der Waals surface area contributed by atoms with Gasteiger partial charge in [-0.25, -0.2) is 0 Å². The summed E-state index contributed by atoms with van der Waals surface area (Å²) in [6.07, 6.45) is 0. The van der Waals surface area contributed by atoms with E-state index in [4.69, 9.17) is 5.73 Å². The molecule has 2 aromatic rings. The summed E-state index contributed by atoms with van der Waals surface area (Å²) in [5.41, 5.74) is 8.21. The van der Waals surface area contributed by atoms with Crippen LogP contribution in [0.15, 0.2) is 42.5 Å². The van der Waals surface area contributed by atoms with E-state index >= 15 is 0 Å². The Labute approximate surface area is 105 Å². The molecule has 0 fully saturated rings. The number of nitrogens with one attached hydrogen (secondary N) is 1. The number of nitrogens with two attached hydrogens (primary N) is 1. The number of hydrogen-bond acceptors (Lipinski definition) is 3. The number of benzene rings is 2. The van der Waals surface area contributed by atoms with E-state index in [0.717, 1.165) is 5.56 Å². The fourth-order valence-corrected chi connectivity index (χ4v) is 1.73. The van der Waals surface area contributed by atoms with Crippen LogP contribution in [0.4, 0.5) is 11.4 Å². The highest BCUT2D eigenvalue weighted by Crippen LogP contribution is 2.17. The topological polar surface area (TPSA) is 75.4 Å². The van der Waals surface area contributed by atoms with Crippen LogP contribution in [0.25, 0.3) is 0 Å². The molecule has 0 saturated carbocycles. The summed E-state index contributed by atoms with van der Waals surface area (Å²) in [5.74, 6) is -0.146. The summed E-state index contributed by atoms with van der Waals surface area (Å²) in [4.78, 5) is 12.0. The van der Waals surface area contributed by atoms with Gasteiger partial charge in [0.15, 0.2) is 0 Å². The molecule has 0 atom stereocenters. The largest absolute Gasteiger partial charge is 0.508 e. The lowest BCUT2D eigenvalue weighted by Crippen LogP contribution is -2.12. The van der Waals surface area contributed by atoms with Crippen molar-refractivity contribution in [3.05, 3.63) is 53.6 Å². The zero-order valence-corrected chi connectivity index (χ0v) is 9.97. The quantitative estimate of drug-likeness (QED) is 0.708. The molecule has 4 nitrogen and oxygen atoms in total. The van der Waals surface area contributed by atoms with Gasteiger partial charge in [0, 0.05) is 23.0 Å². The second-order valence-corrected chi connectivity index (χ2v) is 4.14. The number of anilines is 2. The highest BCUT2D eigenvalue weighted by Gasteiger charge is 2.07. The third-order valence-electron chi connectivity index (χ3n) is 2.47. The lowest BCUT2D eigenvalue weighted by atomic mass is 10.1. The van der Waals surface area contributed by atoms with Gasteiger partial charge in [0.25, 0.3) is 5.91 Å². The zero-order chi connectivity index (χ0) is 13.1. The van der Waals surface area contributed by atoms with E-state index < -0.39 is 0 Å². The Morgan fingerprint density at radius 1 is 1.22 bits per heavy atom. The van der Waals surface area contributed by atoms with Gasteiger partial charge in [-0.1, -0.05) is 6.07 Å². The maximum atomic E-state index is 12.0. The Hall–Kier alpha value is -2.49. The van der Waals surface area contributed by atoms with Crippen LogP contribution >= 0.6 is 0 Å². The fourth-order valence-electron chi connectivity index (χ4n) is 1.73. The van der Waals surface area contributed by atoms with Gasteiger partial charge in [-0.2, -0.15) is 0 Å².